The van der Waals surface area contributed by atoms with Crippen molar-refractivity contribution in [2.45, 2.75) is 20.8 Å². The third-order valence-corrected chi connectivity index (χ3v) is 3.19. The molecule has 1 aliphatic rings. The van der Waals surface area contributed by atoms with Crippen LogP contribution in [0.25, 0.3) is 6.08 Å². The molecule has 1 aromatic rings. The molecule has 0 amide bonds. The van der Waals surface area contributed by atoms with Gasteiger partial charge in [0.05, 0.1) is 5.57 Å². The highest BCUT2D eigenvalue weighted by Crippen LogP contribution is 2.20. The summed E-state index contributed by atoms with van der Waals surface area (Å²) in [5.41, 5.74) is 5.57. The van der Waals surface area contributed by atoms with Crippen molar-refractivity contribution in [2.75, 3.05) is 6.61 Å². The van der Waals surface area contributed by atoms with Crippen LogP contribution >= 0.6 is 0 Å². The standard InChI is InChI=1S/C15H16O2/c1-10-4-5-11(2)14(12(10)3)7-6-13-8-9-17-15(13)16/h4-8H,9H2,1-3H3. The van der Waals surface area contributed by atoms with Gasteiger partial charge < -0.3 is 4.74 Å². The Bertz CT molecular complexity index is 522. The first-order chi connectivity index (χ1) is 8.09. The Kier molecular flexibility index (Phi) is 3.14. The van der Waals surface area contributed by atoms with Crippen LogP contribution < -0.4 is 0 Å². The van der Waals surface area contributed by atoms with Gasteiger partial charge in [-0.3, -0.25) is 0 Å². The molecule has 2 nitrogen and oxygen atoms in total. The van der Waals surface area contributed by atoms with E-state index in [1.807, 2.05) is 12.2 Å². The van der Waals surface area contributed by atoms with Crippen LogP contribution in [0, 0.1) is 20.8 Å². The summed E-state index contributed by atoms with van der Waals surface area (Å²) in [6.07, 6.45) is 5.64. The molecular formula is C15H16O2. The summed E-state index contributed by atoms with van der Waals surface area (Å²) in [5.74, 6) is -0.232. The zero-order valence-corrected chi connectivity index (χ0v) is 10.4. The number of carbonyl (C=O) groups excluding carboxylic acids is 1. The minimum atomic E-state index is -0.232. The van der Waals surface area contributed by atoms with Crippen LogP contribution in [0.4, 0.5) is 0 Å². The SMILES string of the molecule is Cc1ccc(C)c(C=CC2=CCOC2=O)c1C. The van der Waals surface area contributed by atoms with Gasteiger partial charge in [0.1, 0.15) is 6.61 Å². The van der Waals surface area contributed by atoms with E-state index in [0.717, 1.165) is 0 Å². The minimum Gasteiger partial charge on any atom is -0.458 e. The molecule has 17 heavy (non-hydrogen) atoms. The third kappa shape index (κ3) is 2.31. The maximum Gasteiger partial charge on any atom is 0.338 e. The normalized spacial score (nSPS) is 15.2. The first-order valence-corrected chi connectivity index (χ1v) is 5.72. The monoisotopic (exact) mass is 228 g/mol. The van der Waals surface area contributed by atoms with Crippen LogP contribution in [-0.2, 0) is 9.53 Å². The largest absolute Gasteiger partial charge is 0.458 e. The van der Waals surface area contributed by atoms with Gasteiger partial charge in [0.25, 0.3) is 0 Å². The van der Waals surface area contributed by atoms with Crippen molar-refractivity contribution in [3.05, 3.63) is 52.1 Å². The summed E-state index contributed by atoms with van der Waals surface area (Å²) in [6, 6.07) is 4.22. The lowest BCUT2D eigenvalue weighted by Gasteiger charge is -2.08. The summed E-state index contributed by atoms with van der Waals surface area (Å²) >= 11 is 0. The second-order valence-corrected chi connectivity index (χ2v) is 4.33. The number of aryl methyl sites for hydroxylation is 2. The molecule has 0 atom stereocenters. The first-order valence-electron chi connectivity index (χ1n) is 5.72. The Labute approximate surface area is 102 Å². The molecule has 0 saturated heterocycles. The van der Waals surface area contributed by atoms with Gasteiger partial charge in [-0.2, -0.15) is 0 Å². The number of hydrogen-bond donors (Lipinski definition) is 0. The fourth-order valence-corrected chi connectivity index (χ4v) is 1.91. The average Bonchev–Trinajstić information content (AvgIpc) is 2.70. The highest BCUT2D eigenvalue weighted by Gasteiger charge is 2.13. The second-order valence-electron chi connectivity index (χ2n) is 4.33. The van der Waals surface area contributed by atoms with E-state index in [2.05, 4.69) is 32.9 Å². The van der Waals surface area contributed by atoms with Crippen LogP contribution in [0.1, 0.15) is 22.3 Å². The van der Waals surface area contributed by atoms with E-state index < -0.39 is 0 Å². The topological polar surface area (TPSA) is 26.3 Å². The van der Waals surface area contributed by atoms with Crippen molar-refractivity contribution in [3.8, 4) is 0 Å². The molecule has 1 aliphatic heterocycles. The number of benzene rings is 1. The Balaban J connectivity index is 2.33. The number of esters is 1. The molecule has 0 radical (unpaired) electrons. The molecule has 0 N–H and O–H groups in total. The van der Waals surface area contributed by atoms with Gasteiger partial charge in [0, 0.05) is 0 Å². The lowest BCUT2D eigenvalue weighted by atomic mass is 9.97. The predicted octanol–water partition coefficient (Wildman–Crippen LogP) is 3.11. The number of hydrogen-bond acceptors (Lipinski definition) is 2. The van der Waals surface area contributed by atoms with Crippen molar-refractivity contribution >= 4 is 12.0 Å². The number of ether oxygens (including phenoxy) is 1. The molecule has 0 saturated carbocycles. The van der Waals surface area contributed by atoms with Crippen molar-refractivity contribution < 1.29 is 9.53 Å². The van der Waals surface area contributed by atoms with Crippen LogP contribution in [-0.4, -0.2) is 12.6 Å². The lowest BCUT2D eigenvalue weighted by molar-refractivity contribution is -0.135. The van der Waals surface area contributed by atoms with Crippen LogP contribution in [0.5, 0.6) is 0 Å². The highest BCUT2D eigenvalue weighted by atomic mass is 16.5. The molecule has 0 spiro atoms. The van der Waals surface area contributed by atoms with Gasteiger partial charge in [-0.25, -0.2) is 4.79 Å². The Hall–Kier alpha value is -1.83. The fraction of sp³-hybridized carbons (Fsp3) is 0.267. The van der Waals surface area contributed by atoms with E-state index >= 15 is 0 Å². The highest BCUT2D eigenvalue weighted by molar-refractivity contribution is 5.94. The molecule has 2 heteroatoms. The van der Waals surface area contributed by atoms with E-state index in [1.54, 1.807) is 6.08 Å². The summed E-state index contributed by atoms with van der Waals surface area (Å²) in [5, 5.41) is 0. The van der Waals surface area contributed by atoms with Gasteiger partial charge in [0.15, 0.2) is 0 Å². The van der Waals surface area contributed by atoms with Gasteiger partial charge in [0.2, 0.25) is 0 Å². The van der Waals surface area contributed by atoms with Crippen LogP contribution in [0.3, 0.4) is 0 Å². The molecule has 1 aromatic carbocycles. The van der Waals surface area contributed by atoms with Crippen LogP contribution in [0.2, 0.25) is 0 Å². The Morgan fingerprint density at radius 2 is 1.82 bits per heavy atom. The van der Waals surface area contributed by atoms with Crippen molar-refractivity contribution in [3.63, 3.8) is 0 Å². The van der Waals surface area contributed by atoms with Gasteiger partial charge in [-0.05, 0) is 55.2 Å². The molecular weight excluding hydrogens is 212 g/mol. The smallest absolute Gasteiger partial charge is 0.338 e. The van der Waals surface area contributed by atoms with Gasteiger partial charge >= 0.3 is 5.97 Å². The summed E-state index contributed by atoms with van der Waals surface area (Å²) in [6.45, 7) is 6.66. The zero-order chi connectivity index (χ0) is 12.4. The predicted molar refractivity (Wildman–Crippen MR) is 68.7 cm³/mol. The van der Waals surface area contributed by atoms with Gasteiger partial charge in [-0.1, -0.05) is 18.2 Å². The molecule has 0 fully saturated rings. The number of rotatable bonds is 2. The van der Waals surface area contributed by atoms with Crippen molar-refractivity contribution in [2.24, 2.45) is 0 Å². The van der Waals surface area contributed by atoms with E-state index in [0.29, 0.717) is 12.2 Å². The third-order valence-electron chi connectivity index (χ3n) is 3.19. The quantitative estimate of drug-likeness (QED) is 0.727. The number of carbonyl (C=O) groups is 1. The van der Waals surface area contributed by atoms with E-state index in [9.17, 15) is 4.79 Å². The molecule has 0 aromatic heterocycles. The second kappa shape index (κ2) is 4.58. The summed E-state index contributed by atoms with van der Waals surface area (Å²) < 4.78 is 4.86. The Morgan fingerprint density at radius 3 is 2.47 bits per heavy atom. The summed E-state index contributed by atoms with van der Waals surface area (Å²) in [7, 11) is 0. The van der Waals surface area contributed by atoms with Crippen molar-refractivity contribution in [1.82, 2.24) is 0 Å². The lowest BCUT2D eigenvalue weighted by Crippen LogP contribution is -1.97. The zero-order valence-electron chi connectivity index (χ0n) is 10.4. The van der Waals surface area contributed by atoms with E-state index in [1.165, 1.54) is 22.3 Å². The number of cyclic esters (lactones) is 1. The maximum absolute atomic E-state index is 11.3. The molecule has 0 aliphatic carbocycles. The van der Waals surface area contributed by atoms with E-state index in [4.69, 9.17) is 4.74 Å². The van der Waals surface area contributed by atoms with Gasteiger partial charge in [-0.15, -0.1) is 0 Å². The molecule has 1 heterocycles. The maximum atomic E-state index is 11.3. The average molecular weight is 228 g/mol. The van der Waals surface area contributed by atoms with Crippen molar-refractivity contribution in [1.29, 1.82) is 0 Å². The molecule has 0 unspecified atom stereocenters. The van der Waals surface area contributed by atoms with Crippen LogP contribution in [0.15, 0.2) is 29.9 Å². The Morgan fingerprint density at radius 1 is 1.12 bits per heavy atom. The fourth-order valence-electron chi connectivity index (χ4n) is 1.91. The minimum absolute atomic E-state index is 0.232. The molecule has 2 rings (SSSR count). The first kappa shape index (κ1) is 11.6. The molecule has 0 bridgehead atoms. The summed E-state index contributed by atoms with van der Waals surface area (Å²) in [4.78, 5) is 11.3. The molecule has 88 valence electrons. The van der Waals surface area contributed by atoms with E-state index in [-0.39, 0.29) is 5.97 Å².